The van der Waals surface area contributed by atoms with Crippen molar-refractivity contribution in [3.05, 3.63) is 23.4 Å². The number of hydrogen-bond donors (Lipinski definition) is 3. The Hall–Kier alpha value is -1.13. The lowest BCUT2D eigenvalue weighted by Gasteiger charge is -2.13. The predicted molar refractivity (Wildman–Crippen MR) is 52.0 cm³/mol. The number of nitrogens with two attached hydrogens (primary N) is 2. The van der Waals surface area contributed by atoms with E-state index in [1.165, 1.54) is 0 Å². The summed E-state index contributed by atoms with van der Waals surface area (Å²) in [7, 11) is 0. The molecule has 0 fully saturated rings. The van der Waals surface area contributed by atoms with E-state index >= 15 is 0 Å². The van der Waals surface area contributed by atoms with E-state index in [2.05, 4.69) is 4.98 Å². The predicted octanol–water partition coefficient (Wildman–Crippen LogP) is 0.354. The molecule has 0 aliphatic rings. The fourth-order valence-electron chi connectivity index (χ4n) is 1.33. The molecule has 0 amide bonds. The summed E-state index contributed by atoms with van der Waals surface area (Å²) in [5.74, 6) is 0.390. The van der Waals surface area contributed by atoms with Crippen LogP contribution in [0.2, 0.25) is 0 Å². The summed E-state index contributed by atoms with van der Waals surface area (Å²) in [6, 6.07) is 1.82. The van der Waals surface area contributed by atoms with Gasteiger partial charge >= 0.3 is 0 Å². The van der Waals surface area contributed by atoms with Crippen LogP contribution in [0, 0.1) is 6.92 Å². The van der Waals surface area contributed by atoms with Crippen LogP contribution in [-0.4, -0.2) is 16.6 Å². The van der Waals surface area contributed by atoms with Crippen LogP contribution >= 0.6 is 0 Å². The van der Waals surface area contributed by atoms with Crippen LogP contribution in [-0.2, 0) is 0 Å². The number of rotatable bonds is 3. The van der Waals surface area contributed by atoms with Gasteiger partial charge < -0.3 is 16.6 Å². The maximum absolute atomic E-state index is 9.68. The highest BCUT2D eigenvalue weighted by atomic mass is 16.3. The molecule has 1 aromatic rings. The topological polar surface area (TPSA) is 85.2 Å². The Kier molecular flexibility index (Phi) is 3.22. The Morgan fingerprint density at radius 3 is 2.85 bits per heavy atom. The second-order valence-corrected chi connectivity index (χ2v) is 3.02. The first-order valence-electron chi connectivity index (χ1n) is 4.26. The SMILES string of the molecule is Cc1ccnc(N)c1C(O)CCN. The number of aromatic nitrogens is 1. The Morgan fingerprint density at radius 1 is 1.62 bits per heavy atom. The van der Waals surface area contributed by atoms with Gasteiger partial charge in [-0.05, 0) is 31.5 Å². The van der Waals surface area contributed by atoms with Crippen molar-refractivity contribution in [3.63, 3.8) is 0 Å². The van der Waals surface area contributed by atoms with E-state index in [0.29, 0.717) is 24.3 Å². The first-order valence-corrected chi connectivity index (χ1v) is 4.26. The van der Waals surface area contributed by atoms with Crippen molar-refractivity contribution in [2.45, 2.75) is 19.4 Å². The minimum absolute atomic E-state index is 0.390. The molecule has 0 aliphatic carbocycles. The quantitative estimate of drug-likeness (QED) is 0.628. The molecule has 1 heterocycles. The molecule has 1 atom stereocenters. The molecule has 13 heavy (non-hydrogen) atoms. The Balaban J connectivity index is 2.98. The molecule has 0 saturated heterocycles. The summed E-state index contributed by atoms with van der Waals surface area (Å²) in [6.45, 7) is 2.34. The van der Waals surface area contributed by atoms with Gasteiger partial charge in [0.15, 0.2) is 0 Å². The lowest BCUT2D eigenvalue weighted by atomic mass is 10.0. The molecule has 1 unspecified atom stereocenters. The lowest BCUT2D eigenvalue weighted by Crippen LogP contribution is -2.11. The van der Waals surface area contributed by atoms with E-state index in [4.69, 9.17) is 11.5 Å². The van der Waals surface area contributed by atoms with Gasteiger partial charge in [0.25, 0.3) is 0 Å². The third-order valence-electron chi connectivity index (χ3n) is 2.01. The van der Waals surface area contributed by atoms with Crippen LogP contribution in [0.5, 0.6) is 0 Å². The number of aliphatic hydroxyl groups is 1. The number of aryl methyl sites for hydroxylation is 1. The van der Waals surface area contributed by atoms with Crippen molar-refractivity contribution >= 4 is 5.82 Å². The third kappa shape index (κ3) is 2.17. The molecule has 0 spiro atoms. The number of nitrogens with zero attached hydrogens (tertiary/aromatic N) is 1. The Labute approximate surface area is 77.6 Å². The molecule has 0 aromatic carbocycles. The fourth-order valence-corrected chi connectivity index (χ4v) is 1.33. The van der Waals surface area contributed by atoms with Gasteiger partial charge in [0.05, 0.1) is 6.10 Å². The lowest BCUT2D eigenvalue weighted by molar-refractivity contribution is 0.170. The van der Waals surface area contributed by atoms with Gasteiger partial charge in [0, 0.05) is 11.8 Å². The largest absolute Gasteiger partial charge is 0.388 e. The molecule has 72 valence electrons. The zero-order valence-corrected chi connectivity index (χ0v) is 7.70. The maximum Gasteiger partial charge on any atom is 0.129 e. The van der Waals surface area contributed by atoms with Gasteiger partial charge in [-0.2, -0.15) is 0 Å². The average molecular weight is 181 g/mol. The van der Waals surface area contributed by atoms with E-state index in [0.717, 1.165) is 5.56 Å². The molecule has 1 rings (SSSR count). The van der Waals surface area contributed by atoms with E-state index in [1.807, 2.05) is 13.0 Å². The number of pyridine rings is 1. The van der Waals surface area contributed by atoms with Crippen molar-refractivity contribution in [1.29, 1.82) is 0 Å². The van der Waals surface area contributed by atoms with Crippen molar-refractivity contribution in [2.24, 2.45) is 5.73 Å². The van der Waals surface area contributed by atoms with E-state index in [-0.39, 0.29) is 0 Å². The van der Waals surface area contributed by atoms with Crippen molar-refractivity contribution in [2.75, 3.05) is 12.3 Å². The second-order valence-electron chi connectivity index (χ2n) is 3.02. The molecule has 0 saturated carbocycles. The van der Waals surface area contributed by atoms with Crippen molar-refractivity contribution < 1.29 is 5.11 Å². The normalized spacial score (nSPS) is 12.8. The number of anilines is 1. The van der Waals surface area contributed by atoms with E-state index < -0.39 is 6.10 Å². The molecule has 4 nitrogen and oxygen atoms in total. The van der Waals surface area contributed by atoms with Gasteiger partial charge in [-0.15, -0.1) is 0 Å². The summed E-state index contributed by atoms with van der Waals surface area (Å²) in [5.41, 5.74) is 12.6. The second kappa shape index (κ2) is 4.20. The third-order valence-corrected chi connectivity index (χ3v) is 2.01. The molecular weight excluding hydrogens is 166 g/mol. The molecular formula is C9H15N3O. The van der Waals surface area contributed by atoms with Crippen LogP contribution in [0.15, 0.2) is 12.3 Å². The van der Waals surface area contributed by atoms with Crippen molar-refractivity contribution in [1.82, 2.24) is 4.98 Å². The van der Waals surface area contributed by atoms with Crippen LogP contribution in [0.3, 0.4) is 0 Å². The van der Waals surface area contributed by atoms with E-state index in [9.17, 15) is 5.11 Å². The van der Waals surface area contributed by atoms with Gasteiger partial charge in [0.1, 0.15) is 5.82 Å². The van der Waals surface area contributed by atoms with Gasteiger partial charge in [0.2, 0.25) is 0 Å². The Bertz CT molecular complexity index is 268. The van der Waals surface area contributed by atoms with Gasteiger partial charge in [-0.1, -0.05) is 0 Å². The summed E-state index contributed by atoms with van der Waals surface area (Å²) in [6.07, 6.45) is 1.54. The average Bonchev–Trinajstić information content (AvgIpc) is 2.04. The molecule has 4 heteroatoms. The summed E-state index contributed by atoms with van der Waals surface area (Å²) < 4.78 is 0. The summed E-state index contributed by atoms with van der Waals surface area (Å²) in [4.78, 5) is 3.92. The van der Waals surface area contributed by atoms with Crippen LogP contribution < -0.4 is 11.5 Å². The Morgan fingerprint density at radius 2 is 2.31 bits per heavy atom. The minimum atomic E-state index is -0.598. The summed E-state index contributed by atoms with van der Waals surface area (Å²) >= 11 is 0. The smallest absolute Gasteiger partial charge is 0.129 e. The zero-order chi connectivity index (χ0) is 9.84. The number of nitrogen functional groups attached to an aromatic ring is 1. The highest BCUT2D eigenvalue weighted by Crippen LogP contribution is 2.23. The van der Waals surface area contributed by atoms with Crippen LogP contribution in [0.1, 0.15) is 23.7 Å². The van der Waals surface area contributed by atoms with Gasteiger partial charge in [-0.25, -0.2) is 4.98 Å². The molecule has 0 aliphatic heterocycles. The van der Waals surface area contributed by atoms with Gasteiger partial charge in [-0.3, -0.25) is 0 Å². The van der Waals surface area contributed by atoms with Crippen LogP contribution in [0.25, 0.3) is 0 Å². The standard InChI is InChI=1S/C9H15N3O/c1-6-3-5-12-9(11)8(6)7(13)2-4-10/h3,5,7,13H,2,4,10H2,1H3,(H2,11,12). The molecule has 0 radical (unpaired) electrons. The number of hydrogen-bond acceptors (Lipinski definition) is 4. The van der Waals surface area contributed by atoms with Crippen molar-refractivity contribution in [3.8, 4) is 0 Å². The number of aliphatic hydroxyl groups excluding tert-OH is 1. The maximum atomic E-state index is 9.68. The molecule has 1 aromatic heterocycles. The first-order chi connectivity index (χ1) is 6.16. The highest BCUT2D eigenvalue weighted by molar-refractivity contribution is 5.45. The highest BCUT2D eigenvalue weighted by Gasteiger charge is 2.13. The minimum Gasteiger partial charge on any atom is -0.388 e. The van der Waals surface area contributed by atoms with Crippen LogP contribution in [0.4, 0.5) is 5.82 Å². The fraction of sp³-hybridized carbons (Fsp3) is 0.444. The summed E-state index contributed by atoms with van der Waals surface area (Å²) in [5, 5.41) is 9.68. The molecule has 0 bridgehead atoms. The van der Waals surface area contributed by atoms with E-state index in [1.54, 1.807) is 6.20 Å². The first kappa shape index (κ1) is 9.95. The zero-order valence-electron chi connectivity index (χ0n) is 7.70. The monoisotopic (exact) mass is 181 g/mol. The molecule has 5 N–H and O–H groups in total.